The molecule has 108 valence electrons. The lowest BCUT2D eigenvalue weighted by atomic mass is 9.87. The van der Waals surface area contributed by atoms with E-state index in [1.54, 1.807) is 0 Å². The summed E-state index contributed by atoms with van der Waals surface area (Å²) in [5.41, 5.74) is 0.948. The van der Waals surface area contributed by atoms with Gasteiger partial charge in [0, 0.05) is 11.1 Å². The first-order valence-electron chi connectivity index (χ1n) is 7.42. The zero-order valence-corrected chi connectivity index (χ0v) is 11.9. The van der Waals surface area contributed by atoms with Crippen molar-refractivity contribution in [2.45, 2.75) is 37.6 Å². The zero-order chi connectivity index (χ0) is 14.0. The Labute approximate surface area is 119 Å². The van der Waals surface area contributed by atoms with Gasteiger partial charge in [0.1, 0.15) is 5.75 Å². The Morgan fingerprint density at radius 1 is 1.35 bits per heavy atom. The molecule has 1 aromatic carbocycles. The molecule has 2 aliphatic rings. The Morgan fingerprint density at radius 3 is 2.90 bits per heavy atom. The van der Waals surface area contributed by atoms with Crippen LogP contribution in [0.3, 0.4) is 0 Å². The third-order valence-electron chi connectivity index (χ3n) is 4.41. The smallest absolute Gasteiger partial charge is 0.228 e. The Kier molecular flexibility index (Phi) is 3.66. The second-order valence-electron chi connectivity index (χ2n) is 6.03. The molecule has 1 saturated heterocycles. The van der Waals surface area contributed by atoms with E-state index in [0.29, 0.717) is 6.61 Å². The van der Waals surface area contributed by atoms with Gasteiger partial charge in [0.05, 0.1) is 12.5 Å². The topological polar surface area (TPSA) is 50.4 Å². The van der Waals surface area contributed by atoms with Crippen LogP contribution < -0.4 is 15.4 Å². The summed E-state index contributed by atoms with van der Waals surface area (Å²) in [7, 11) is 0. The van der Waals surface area contributed by atoms with Crippen LogP contribution in [0.5, 0.6) is 5.75 Å². The highest BCUT2D eigenvalue weighted by atomic mass is 16.5. The highest BCUT2D eigenvalue weighted by Gasteiger charge is 2.33. The van der Waals surface area contributed by atoms with E-state index in [1.165, 1.54) is 0 Å². The Hall–Kier alpha value is -1.55. The largest absolute Gasteiger partial charge is 0.493 e. The van der Waals surface area contributed by atoms with Crippen molar-refractivity contribution in [3.63, 3.8) is 0 Å². The molecule has 2 aliphatic heterocycles. The van der Waals surface area contributed by atoms with Crippen molar-refractivity contribution in [2.75, 3.05) is 19.7 Å². The van der Waals surface area contributed by atoms with Crippen LogP contribution in [0.2, 0.25) is 0 Å². The maximum absolute atomic E-state index is 12.6. The molecular weight excluding hydrogens is 252 g/mol. The SMILES string of the molecule is CC1(NC(=O)C2CCOc3ccccc32)CCNCC1. The normalized spacial score (nSPS) is 24.4. The van der Waals surface area contributed by atoms with E-state index >= 15 is 0 Å². The summed E-state index contributed by atoms with van der Waals surface area (Å²) in [6.07, 6.45) is 2.74. The summed E-state index contributed by atoms with van der Waals surface area (Å²) in [4.78, 5) is 12.6. The molecule has 1 aromatic rings. The molecule has 3 rings (SSSR count). The minimum atomic E-state index is -0.0772. The van der Waals surface area contributed by atoms with Gasteiger partial charge in [0.25, 0.3) is 0 Å². The van der Waals surface area contributed by atoms with Gasteiger partial charge in [-0.3, -0.25) is 4.79 Å². The molecule has 0 saturated carbocycles. The molecule has 0 bridgehead atoms. The summed E-state index contributed by atoms with van der Waals surface area (Å²) < 4.78 is 5.63. The number of piperidine rings is 1. The van der Waals surface area contributed by atoms with Gasteiger partial charge in [0.15, 0.2) is 0 Å². The lowest BCUT2D eigenvalue weighted by molar-refractivity contribution is -0.125. The molecule has 4 nitrogen and oxygen atoms in total. The summed E-state index contributed by atoms with van der Waals surface area (Å²) in [5, 5.41) is 6.61. The number of fused-ring (bicyclic) bond motifs is 1. The molecule has 1 fully saturated rings. The maximum Gasteiger partial charge on any atom is 0.228 e. The molecular formula is C16H22N2O2. The van der Waals surface area contributed by atoms with Crippen molar-refractivity contribution in [1.82, 2.24) is 10.6 Å². The Morgan fingerprint density at radius 2 is 2.10 bits per heavy atom. The van der Waals surface area contributed by atoms with E-state index < -0.39 is 0 Å². The summed E-state index contributed by atoms with van der Waals surface area (Å²) in [5.74, 6) is 0.922. The molecule has 0 spiro atoms. The van der Waals surface area contributed by atoms with Gasteiger partial charge >= 0.3 is 0 Å². The van der Waals surface area contributed by atoms with E-state index in [0.717, 1.165) is 43.7 Å². The number of ether oxygens (including phenoxy) is 1. The van der Waals surface area contributed by atoms with Crippen LogP contribution in [0.25, 0.3) is 0 Å². The predicted molar refractivity (Wildman–Crippen MR) is 77.9 cm³/mol. The highest BCUT2D eigenvalue weighted by Crippen LogP contribution is 2.34. The summed E-state index contributed by atoms with van der Waals surface area (Å²) in [6, 6.07) is 7.87. The molecule has 20 heavy (non-hydrogen) atoms. The van der Waals surface area contributed by atoms with Crippen LogP contribution in [-0.4, -0.2) is 31.1 Å². The number of hydrogen-bond acceptors (Lipinski definition) is 3. The first-order valence-corrected chi connectivity index (χ1v) is 7.42. The van der Waals surface area contributed by atoms with E-state index in [2.05, 4.69) is 17.6 Å². The van der Waals surface area contributed by atoms with Crippen LogP contribution in [0, 0.1) is 0 Å². The number of hydrogen-bond donors (Lipinski definition) is 2. The standard InChI is InChI=1S/C16H22N2O2/c1-16(7-9-17-10-8-16)18-15(19)13-6-11-20-14-5-3-2-4-12(13)14/h2-5,13,17H,6-11H2,1H3,(H,18,19). The monoisotopic (exact) mass is 274 g/mol. The second kappa shape index (κ2) is 5.44. The fraction of sp³-hybridized carbons (Fsp3) is 0.562. The average Bonchev–Trinajstić information content (AvgIpc) is 2.47. The van der Waals surface area contributed by atoms with Gasteiger partial charge in [-0.05, 0) is 45.3 Å². The van der Waals surface area contributed by atoms with Crippen molar-refractivity contribution in [2.24, 2.45) is 0 Å². The average molecular weight is 274 g/mol. The summed E-state index contributed by atoms with van der Waals surface area (Å²) >= 11 is 0. The number of carbonyl (C=O) groups excluding carboxylic acids is 1. The molecule has 4 heteroatoms. The summed E-state index contributed by atoms with van der Waals surface area (Å²) in [6.45, 7) is 4.71. The molecule has 0 aliphatic carbocycles. The number of nitrogens with one attached hydrogen (secondary N) is 2. The van der Waals surface area contributed by atoms with Gasteiger partial charge in [0.2, 0.25) is 5.91 Å². The number of carbonyl (C=O) groups is 1. The minimum absolute atomic E-state index is 0.0738. The number of benzene rings is 1. The first-order chi connectivity index (χ1) is 9.68. The predicted octanol–water partition coefficient (Wildman–Crippen LogP) is 1.81. The van der Waals surface area contributed by atoms with E-state index in [9.17, 15) is 4.79 Å². The van der Waals surface area contributed by atoms with Gasteiger partial charge < -0.3 is 15.4 Å². The number of rotatable bonds is 2. The van der Waals surface area contributed by atoms with Crippen molar-refractivity contribution in [1.29, 1.82) is 0 Å². The van der Waals surface area contributed by atoms with Crippen molar-refractivity contribution in [3.8, 4) is 5.75 Å². The molecule has 0 radical (unpaired) electrons. The highest BCUT2D eigenvalue weighted by molar-refractivity contribution is 5.85. The molecule has 0 aromatic heterocycles. The molecule has 1 unspecified atom stereocenters. The van der Waals surface area contributed by atoms with Crippen LogP contribution >= 0.6 is 0 Å². The van der Waals surface area contributed by atoms with E-state index in [4.69, 9.17) is 4.74 Å². The third kappa shape index (κ3) is 2.66. The lowest BCUT2D eigenvalue weighted by Gasteiger charge is -2.37. The van der Waals surface area contributed by atoms with Crippen LogP contribution in [-0.2, 0) is 4.79 Å². The second-order valence-corrected chi connectivity index (χ2v) is 6.03. The van der Waals surface area contributed by atoms with Crippen molar-refractivity contribution < 1.29 is 9.53 Å². The lowest BCUT2D eigenvalue weighted by Crippen LogP contribution is -2.53. The Balaban J connectivity index is 1.75. The van der Waals surface area contributed by atoms with Crippen LogP contribution in [0.1, 0.15) is 37.7 Å². The van der Waals surface area contributed by atoms with Crippen molar-refractivity contribution >= 4 is 5.91 Å². The molecule has 2 N–H and O–H groups in total. The fourth-order valence-corrected chi connectivity index (χ4v) is 3.10. The van der Waals surface area contributed by atoms with E-state index in [-0.39, 0.29) is 17.4 Å². The Bertz CT molecular complexity index is 495. The van der Waals surface area contributed by atoms with Crippen LogP contribution in [0.4, 0.5) is 0 Å². The van der Waals surface area contributed by atoms with Gasteiger partial charge in [-0.15, -0.1) is 0 Å². The van der Waals surface area contributed by atoms with Gasteiger partial charge in [-0.25, -0.2) is 0 Å². The third-order valence-corrected chi connectivity index (χ3v) is 4.41. The van der Waals surface area contributed by atoms with Crippen LogP contribution in [0.15, 0.2) is 24.3 Å². The minimum Gasteiger partial charge on any atom is -0.493 e. The maximum atomic E-state index is 12.6. The number of amides is 1. The fourth-order valence-electron chi connectivity index (χ4n) is 3.10. The van der Waals surface area contributed by atoms with Gasteiger partial charge in [-0.2, -0.15) is 0 Å². The van der Waals surface area contributed by atoms with Crippen molar-refractivity contribution in [3.05, 3.63) is 29.8 Å². The van der Waals surface area contributed by atoms with Gasteiger partial charge in [-0.1, -0.05) is 18.2 Å². The molecule has 1 amide bonds. The van der Waals surface area contributed by atoms with E-state index in [1.807, 2.05) is 24.3 Å². The first kappa shape index (κ1) is 13.4. The number of para-hydroxylation sites is 1. The zero-order valence-electron chi connectivity index (χ0n) is 11.9. The molecule has 2 heterocycles. The quantitative estimate of drug-likeness (QED) is 0.865. The molecule has 1 atom stereocenters.